The van der Waals surface area contributed by atoms with Gasteiger partial charge in [-0.3, -0.25) is 0 Å². The molecule has 1 fully saturated rings. The van der Waals surface area contributed by atoms with Crippen molar-refractivity contribution in [2.75, 3.05) is 29.9 Å². The number of rotatable bonds is 5. The number of fused-ring (bicyclic) bond motifs is 2. The number of hydrogen-bond acceptors (Lipinski definition) is 7. The molecule has 0 unspecified atom stereocenters. The number of aryl methyl sites for hydroxylation is 1. The molecule has 0 aliphatic carbocycles. The van der Waals surface area contributed by atoms with E-state index in [-0.39, 0.29) is 18.2 Å². The van der Waals surface area contributed by atoms with Crippen molar-refractivity contribution in [2.45, 2.75) is 39.2 Å². The van der Waals surface area contributed by atoms with Crippen molar-refractivity contribution < 1.29 is 9.50 Å². The Labute approximate surface area is 197 Å². The number of anilines is 2. The standard InChI is InChI=1S/C23H26FN7O.ClH/c1-14-22(27-17-10-15(24)6-7-16(17)26-14)18-11-21-28-20(30-8-4-5-9-30)12-19(31(21)29-18)25-13-23(2,3)32;/h6-7,10-12,25,32H,4-5,8-9,13H2,1-3H3;1H. The lowest BCUT2D eigenvalue weighted by atomic mass is 10.1. The maximum Gasteiger partial charge on any atom is 0.160 e. The van der Waals surface area contributed by atoms with Gasteiger partial charge in [-0.05, 0) is 45.7 Å². The second-order valence-electron chi connectivity index (χ2n) is 8.95. The van der Waals surface area contributed by atoms with Crippen LogP contribution in [0.5, 0.6) is 0 Å². The highest BCUT2D eigenvalue weighted by Gasteiger charge is 2.20. The Balaban J connectivity index is 0.00000259. The first-order valence-corrected chi connectivity index (χ1v) is 10.8. The van der Waals surface area contributed by atoms with Crippen molar-refractivity contribution in [3.63, 3.8) is 0 Å². The molecular formula is C23H27ClFN7O. The van der Waals surface area contributed by atoms with Crippen LogP contribution in [0.1, 0.15) is 32.4 Å². The molecule has 33 heavy (non-hydrogen) atoms. The predicted octanol–water partition coefficient (Wildman–Crippen LogP) is 3.99. The van der Waals surface area contributed by atoms with Gasteiger partial charge >= 0.3 is 0 Å². The summed E-state index contributed by atoms with van der Waals surface area (Å²) in [6, 6.07) is 8.22. The topological polar surface area (TPSA) is 91.5 Å². The van der Waals surface area contributed by atoms with Crippen LogP contribution in [0.3, 0.4) is 0 Å². The van der Waals surface area contributed by atoms with Gasteiger partial charge in [-0.15, -0.1) is 12.4 Å². The molecule has 0 bridgehead atoms. The third-order valence-corrected chi connectivity index (χ3v) is 5.59. The second kappa shape index (κ2) is 8.72. The number of aliphatic hydroxyl groups is 1. The van der Waals surface area contributed by atoms with E-state index in [2.05, 4.69) is 20.2 Å². The summed E-state index contributed by atoms with van der Waals surface area (Å²) in [5, 5.41) is 18.3. The minimum Gasteiger partial charge on any atom is -0.389 e. The lowest BCUT2D eigenvalue weighted by molar-refractivity contribution is 0.0944. The molecule has 0 atom stereocenters. The van der Waals surface area contributed by atoms with Gasteiger partial charge in [0.15, 0.2) is 5.65 Å². The van der Waals surface area contributed by atoms with Crippen molar-refractivity contribution >= 4 is 40.7 Å². The molecule has 2 N–H and O–H groups in total. The van der Waals surface area contributed by atoms with Gasteiger partial charge in [0.25, 0.3) is 0 Å². The van der Waals surface area contributed by atoms with Crippen LogP contribution in [-0.2, 0) is 0 Å². The van der Waals surface area contributed by atoms with Gasteiger partial charge in [-0.2, -0.15) is 9.61 Å². The minimum atomic E-state index is -0.885. The first kappa shape index (κ1) is 23.1. The zero-order chi connectivity index (χ0) is 22.5. The average molecular weight is 472 g/mol. The summed E-state index contributed by atoms with van der Waals surface area (Å²) in [7, 11) is 0. The van der Waals surface area contributed by atoms with Crippen LogP contribution >= 0.6 is 12.4 Å². The maximum absolute atomic E-state index is 13.7. The van der Waals surface area contributed by atoms with E-state index in [1.807, 2.05) is 19.1 Å². The van der Waals surface area contributed by atoms with Gasteiger partial charge in [-0.25, -0.2) is 19.3 Å². The lowest BCUT2D eigenvalue weighted by Gasteiger charge is -2.21. The van der Waals surface area contributed by atoms with E-state index in [9.17, 15) is 9.50 Å². The van der Waals surface area contributed by atoms with E-state index in [1.54, 1.807) is 24.4 Å². The zero-order valence-electron chi connectivity index (χ0n) is 18.8. The summed E-state index contributed by atoms with van der Waals surface area (Å²) < 4.78 is 15.5. The smallest absolute Gasteiger partial charge is 0.160 e. The molecule has 10 heteroatoms. The summed E-state index contributed by atoms with van der Waals surface area (Å²) in [6.07, 6.45) is 2.29. The molecule has 5 rings (SSSR count). The molecular weight excluding hydrogens is 445 g/mol. The number of halogens is 2. The largest absolute Gasteiger partial charge is 0.389 e. The molecule has 4 aromatic rings. The summed E-state index contributed by atoms with van der Waals surface area (Å²) in [5.41, 5.74) is 2.81. The number of nitrogens with zero attached hydrogens (tertiary/aromatic N) is 6. The minimum absolute atomic E-state index is 0. The van der Waals surface area contributed by atoms with Crippen LogP contribution in [0, 0.1) is 12.7 Å². The highest BCUT2D eigenvalue weighted by Crippen LogP contribution is 2.28. The average Bonchev–Trinajstić information content (AvgIpc) is 3.41. The summed E-state index contributed by atoms with van der Waals surface area (Å²) in [5.74, 6) is 1.26. The van der Waals surface area contributed by atoms with E-state index in [0.717, 1.165) is 37.6 Å². The van der Waals surface area contributed by atoms with Gasteiger partial charge in [0.2, 0.25) is 0 Å². The Morgan fingerprint density at radius 2 is 1.82 bits per heavy atom. The molecule has 0 radical (unpaired) electrons. The number of hydrogen-bond donors (Lipinski definition) is 2. The Morgan fingerprint density at radius 1 is 1.06 bits per heavy atom. The molecule has 4 heterocycles. The van der Waals surface area contributed by atoms with Gasteiger partial charge < -0.3 is 15.3 Å². The fourth-order valence-electron chi connectivity index (χ4n) is 3.98. The second-order valence-corrected chi connectivity index (χ2v) is 8.95. The molecule has 1 aromatic carbocycles. The maximum atomic E-state index is 13.7. The first-order chi connectivity index (χ1) is 15.3. The summed E-state index contributed by atoms with van der Waals surface area (Å²) in [6.45, 7) is 7.66. The van der Waals surface area contributed by atoms with E-state index in [4.69, 9.17) is 10.1 Å². The van der Waals surface area contributed by atoms with Gasteiger partial charge in [0, 0.05) is 37.8 Å². The van der Waals surface area contributed by atoms with E-state index >= 15 is 0 Å². The molecule has 174 valence electrons. The Bertz CT molecular complexity index is 1310. The van der Waals surface area contributed by atoms with Crippen LogP contribution in [0.15, 0.2) is 30.3 Å². The summed E-state index contributed by atoms with van der Waals surface area (Å²) in [4.78, 5) is 16.3. The quantitative estimate of drug-likeness (QED) is 0.454. The molecule has 3 aromatic heterocycles. The van der Waals surface area contributed by atoms with Crippen molar-refractivity contribution in [3.05, 3.63) is 41.8 Å². The Morgan fingerprint density at radius 3 is 2.55 bits per heavy atom. The lowest BCUT2D eigenvalue weighted by Crippen LogP contribution is -2.30. The fraction of sp³-hybridized carbons (Fsp3) is 0.391. The Kier molecular flexibility index (Phi) is 6.11. The normalized spacial score (nSPS) is 14.2. The van der Waals surface area contributed by atoms with Crippen molar-refractivity contribution in [1.82, 2.24) is 24.6 Å². The molecule has 0 spiro atoms. The molecule has 1 saturated heterocycles. The molecule has 8 nitrogen and oxygen atoms in total. The fourth-order valence-corrected chi connectivity index (χ4v) is 3.98. The molecule has 0 amide bonds. The van der Waals surface area contributed by atoms with Crippen molar-refractivity contribution in [3.8, 4) is 11.4 Å². The van der Waals surface area contributed by atoms with Crippen LogP contribution in [0.4, 0.5) is 16.0 Å². The van der Waals surface area contributed by atoms with Gasteiger partial charge in [0.05, 0.1) is 22.3 Å². The van der Waals surface area contributed by atoms with Crippen LogP contribution in [-0.4, -0.2) is 54.9 Å². The summed E-state index contributed by atoms with van der Waals surface area (Å²) >= 11 is 0. The zero-order valence-corrected chi connectivity index (χ0v) is 19.7. The monoisotopic (exact) mass is 471 g/mol. The first-order valence-electron chi connectivity index (χ1n) is 10.8. The highest BCUT2D eigenvalue weighted by atomic mass is 35.5. The van der Waals surface area contributed by atoms with E-state index in [0.29, 0.717) is 40.3 Å². The van der Waals surface area contributed by atoms with Crippen LogP contribution in [0.2, 0.25) is 0 Å². The van der Waals surface area contributed by atoms with E-state index in [1.165, 1.54) is 12.1 Å². The predicted molar refractivity (Wildman–Crippen MR) is 130 cm³/mol. The van der Waals surface area contributed by atoms with Crippen LogP contribution in [0.25, 0.3) is 28.1 Å². The number of benzene rings is 1. The van der Waals surface area contributed by atoms with Gasteiger partial charge in [0.1, 0.15) is 28.8 Å². The van der Waals surface area contributed by atoms with Crippen molar-refractivity contribution in [1.29, 1.82) is 0 Å². The Hall–Kier alpha value is -3.04. The van der Waals surface area contributed by atoms with Crippen molar-refractivity contribution in [2.24, 2.45) is 0 Å². The third-order valence-electron chi connectivity index (χ3n) is 5.59. The SMILES string of the molecule is Cc1nc2ccc(F)cc2nc1-c1cc2nc(N3CCCC3)cc(NCC(C)(C)O)n2n1.Cl. The molecule has 1 aliphatic heterocycles. The number of aromatic nitrogens is 5. The number of nitrogens with one attached hydrogen (secondary N) is 1. The highest BCUT2D eigenvalue weighted by molar-refractivity contribution is 5.85. The third kappa shape index (κ3) is 4.69. The van der Waals surface area contributed by atoms with Gasteiger partial charge in [-0.1, -0.05) is 0 Å². The molecule has 1 aliphatic rings. The van der Waals surface area contributed by atoms with Crippen LogP contribution < -0.4 is 10.2 Å². The molecule has 0 saturated carbocycles. The van der Waals surface area contributed by atoms with E-state index < -0.39 is 5.60 Å².